The molecule has 2 amide bonds. The van der Waals surface area contributed by atoms with E-state index < -0.39 is 16.4 Å². The number of carbonyl (C=O) groups is 2. The van der Waals surface area contributed by atoms with Crippen molar-refractivity contribution >= 4 is 22.9 Å². The molecule has 5 heteroatoms. The Morgan fingerprint density at radius 1 is 1.12 bits per heavy atom. The molecule has 1 saturated heterocycles. The molecule has 0 saturated carbocycles. The fourth-order valence-corrected chi connectivity index (χ4v) is 4.03. The van der Waals surface area contributed by atoms with Gasteiger partial charge in [-0.15, -0.1) is 0 Å². The topological polar surface area (TPSA) is 55.4 Å². The second-order valence-electron chi connectivity index (χ2n) is 6.35. The van der Waals surface area contributed by atoms with E-state index in [1.165, 1.54) is 5.56 Å². The Morgan fingerprint density at radius 3 is 2.72 bits per heavy atom. The first kappa shape index (κ1) is 15.0. The van der Waals surface area contributed by atoms with Gasteiger partial charge in [-0.3, -0.25) is 14.9 Å². The van der Waals surface area contributed by atoms with Crippen molar-refractivity contribution in [2.45, 2.75) is 37.0 Å². The fourth-order valence-electron chi connectivity index (χ4n) is 3.28. The van der Waals surface area contributed by atoms with E-state index in [1.807, 2.05) is 36.4 Å². The van der Waals surface area contributed by atoms with E-state index >= 15 is 0 Å². The van der Waals surface area contributed by atoms with Crippen LogP contribution in [-0.4, -0.2) is 22.5 Å². The van der Waals surface area contributed by atoms with Gasteiger partial charge in [0.15, 0.2) is 0 Å². The lowest BCUT2D eigenvalue weighted by molar-refractivity contribution is -0.118. The molecule has 4 rings (SSSR count). The summed E-state index contributed by atoms with van der Waals surface area (Å²) >= 11 is 0.746. The molecule has 2 atom stereocenters. The van der Waals surface area contributed by atoms with Crippen molar-refractivity contribution in [3.8, 4) is 5.75 Å². The van der Waals surface area contributed by atoms with Gasteiger partial charge < -0.3 is 4.74 Å². The van der Waals surface area contributed by atoms with Crippen LogP contribution in [0.1, 0.15) is 24.5 Å². The van der Waals surface area contributed by atoms with Gasteiger partial charge in [-0.1, -0.05) is 54.2 Å². The highest BCUT2D eigenvalue weighted by molar-refractivity contribution is 8.15. The molecule has 0 radical (unpaired) electrons. The van der Waals surface area contributed by atoms with Crippen LogP contribution in [0.4, 0.5) is 4.79 Å². The predicted octanol–water partition coefficient (Wildman–Crippen LogP) is 3.52. The number of imide groups is 1. The highest BCUT2D eigenvalue weighted by Crippen LogP contribution is 2.31. The van der Waals surface area contributed by atoms with Gasteiger partial charge in [0, 0.05) is 6.42 Å². The van der Waals surface area contributed by atoms with Gasteiger partial charge in [0.2, 0.25) is 5.91 Å². The van der Waals surface area contributed by atoms with Crippen molar-refractivity contribution in [3.05, 3.63) is 65.2 Å². The number of fused-ring (bicyclic) bond motifs is 1. The molecule has 0 aromatic heterocycles. The number of rotatable bonds is 4. The van der Waals surface area contributed by atoms with Crippen LogP contribution in [0.3, 0.4) is 0 Å². The Kier molecular flexibility index (Phi) is 4.16. The molecule has 2 aliphatic heterocycles. The summed E-state index contributed by atoms with van der Waals surface area (Å²) in [5.41, 5.74) is 3.24. The third-order valence-electron chi connectivity index (χ3n) is 4.51. The van der Waals surface area contributed by atoms with Crippen LogP contribution in [0.2, 0.25) is 0 Å². The summed E-state index contributed by atoms with van der Waals surface area (Å²) in [4.78, 5) is 23.2. The number of benzene rings is 2. The molecule has 0 aliphatic carbocycles. The first-order valence-corrected chi connectivity index (χ1v) is 9.20. The van der Waals surface area contributed by atoms with Crippen LogP contribution >= 0.6 is 11.8 Å². The van der Waals surface area contributed by atoms with Gasteiger partial charge in [-0.05, 0) is 42.0 Å². The second kappa shape index (κ2) is 6.92. The summed E-state index contributed by atoms with van der Waals surface area (Å²) in [5, 5.41) is 0.267. The minimum atomic E-state index is -1.48. The van der Waals surface area contributed by atoms with Gasteiger partial charge in [0.25, 0.3) is 5.24 Å². The predicted molar refractivity (Wildman–Crippen MR) is 97.9 cm³/mol. The van der Waals surface area contributed by atoms with Crippen LogP contribution in [-0.2, 0) is 24.1 Å². The molecular formula is C20H19NO3S. The first-order chi connectivity index (χ1) is 12.5. The quantitative estimate of drug-likeness (QED) is 0.913. The van der Waals surface area contributed by atoms with E-state index in [4.69, 9.17) is 6.11 Å². The molecule has 2 aromatic carbocycles. The molecule has 1 fully saturated rings. The molecule has 25 heavy (non-hydrogen) atoms. The minimum Gasteiger partial charge on any atom is -0.490 e. The number of amides is 2. The van der Waals surface area contributed by atoms with Crippen LogP contribution in [0.5, 0.6) is 5.75 Å². The highest BCUT2D eigenvalue weighted by Gasteiger charge is 2.31. The number of aryl methyl sites for hydroxylation is 1. The van der Waals surface area contributed by atoms with E-state index in [9.17, 15) is 9.59 Å². The number of thioether (sulfide) groups is 1. The summed E-state index contributed by atoms with van der Waals surface area (Å²) < 4.78 is 14.4. The zero-order chi connectivity index (χ0) is 18.1. The Balaban J connectivity index is 1.46. The standard InChI is InChI=1S/C20H19NO3S/c22-19-18(25-20(23)21-19)12-14-6-9-17-15(10-14)7-8-16(24-17)11-13-4-2-1-3-5-13/h1-6,9-10,16,18H,7-8,11-12H2,(H,21,22,23)/t16-,18+/m1/s1/i18D. The van der Waals surface area contributed by atoms with Crippen LogP contribution in [0, 0.1) is 0 Å². The van der Waals surface area contributed by atoms with Crippen LogP contribution in [0.15, 0.2) is 48.5 Å². The first-order valence-electron chi connectivity index (χ1n) is 8.89. The minimum absolute atomic E-state index is 0.159. The summed E-state index contributed by atoms with van der Waals surface area (Å²) in [5.74, 6) is 0.337. The molecule has 2 aliphatic rings. The third-order valence-corrected chi connectivity index (χ3v) is 5.37. The summed E-state index contributed by atoms with van der Waals surface area (Å²) in [6, 6.07) is 16.1. The Hall–Kier alpha value is -2.27. The molecule has 2 heterocycles. The maximum absolute atomic E-state index is 11.9. The van der Waals surface area contributed by atoms with Gasteiger partial charge in [-0.2, -0.15) is 0 Å². The Labute approximate surface area is 152 Å². The average molecular weight is 354 g/mol. The summed E-state index contributed by atoms with van der Waals surface area (Å²) in [7, 11) is 0. The SMILES string of the molecule is [2H][C@@]1(Cc2ccc3c(c2)CC[C@H](Cc2ccccc2)O3)SC(=O)NC1=O. The van der Waals surface area contributed by atoms with Gasteiger partial charge in [-0.25, -0.2) is 0 Å². The van der Waals surface area contributed by atoms with Crippen LogP contribution in [0.25, 0.3) is 0 Å². The average Bonchev–Trinajstić information content (AvgIpc) is 2.87. The fraction of sp³-hybridized carbons (Fsp3) is 0.300. The zero-order valence-corrected chi connectivity index (χ0v) is 14.5. The van der Waals surface area contributed by atoms with Crippen LogP contribution < -0.4 is 10.1 Å². The molecule has 1 N–H and O–H groups in total. The lowest BCUT2D eigenvalue weighted by Crippen LogP contribution is -2.26. The smallest absolute Gasteiger partial charge is 0.286 e. The molecule has 0 spiro atoms. The molecular weight excluding hydrogens is 334 g/mol. The monoisotopic (exact) mass is 354 g/mol. The van der Waals surface area contributed by atoms with E-state index in [1.54, 1.807) is 0 Å². The van der Waals surface area contributed by atoms with Crippen molar-refractivity contribution in [2.24, 2.45) is 0 Å². The number of nitrogens with one attached hydrogen (secondary N) is 1. The summed E-state index contributed by atoms with van der Waals surface area (Å²) in [6.07, 6.45) is 3.09. The maximum Gasteiger partial charge on any atom is 0.286 e. The van der Waals surface area contributed by atoms with E-state index in [-0.39, 0.29) is 12.5 Å². The van der Waals surface area contributed by atoms with Crippen molar-refractivity contribution in [2.75, 3.05) is 0 Å². The Morgan fingerprint density at radius 2 is 1.96 bits per heavy atom. The zero-order valence-electron chi connectivity index (χ0n) is 14.7. The van der Waals surface area contributed by atoms with Crippen molar-refractivity contribution in [1.29, 1.82) is 0 Å². The van der Waals surface area contributed by atoms with Crippen molar-refractivity contribution < 1.29 is 15.7 Å². The normalized spacial score (nSPS) is 25.8. The third kappa shape index (κ3) is 3.71. The van der Waals surface area contributed by atoms with Gasteiger partial charge >= 0.3 is 0 Å². The van der Waals surface area contributed by atoms with Crippen molar-refractivity contribution in [3.63, 3.8) is 0 Å². The number of carbonyl (C=O) groups excluding carboxylic acids is 2. The highest BCUT2D eigenvalue weighted by atomic mass is 32.2. The maximum atomic E-state index is 11.9. The summed E-state index contributed by atoms with van der Waals surface area (Å²) in [6.45, 7) is 0. The largest absolute Gasteiger partial charge is 0.490 e. The molecule has 128 valence electrons. The van der Waals surface area contributed by atoms with E-state index in [2.05, 4.69) is 17.4 Å². The lowest BCUT2D eigenvalue weighted by Gasteiger charge is -2.27. The van der Waals surface area contributed by atoms with Gasteiger partial charge in [0.05, 0.1) is 6.60 Å². The number of hydrogen-bond acceptors (Lipinski definition) is 4. The van der Waals surface area contributed by atoms with Crippen molar-refractivity contribution in [1.82, 2.24) is 5.32 Å². The second-order valence-corrected chi connectivity index (χ2v) is 7.42. The molecule has 0 bridgehead atoms. The number of hydrogen-bond donors (Lipinski definition) is 1. The lowest BCUT2D eigenvalue weighted by atomic mass is 9.95. The molecule has 0 unspecified atom stereocenters. The molecule has 2 aromatic rings. The van der Waals surface area contributed by atoms with E-state index in [0.717, 1.165) is 47.9 Å². The van der Waals surface area contributed by atoms with Gasteiger partial charge in [0.1, 0.15) is 11.9 Å². The van der Waals surface area contributed by atoms with E-state index in [0.29, 0.717) is 0 Å². The Bertz CT molecular complexity index is 857. The number of ether oxygens (including phenoxy) is 1. The molecule has 4 nitrogen and oxygen atoms in total.